The molecular formula is C12H24N2O2. The molecule has 0 radical (unpaired) electrons. The first-order valence-corrected chi connectivity index (χ1v) is 6.11. The number of nitrogens with one attached hydrogen (secondary N) is 2. The highest BCUT2D eigenvalue weighted by atomic mass is 16.3. The molecule has 1 aliphatic rings. The van der Waals surface area contributed by atoms with E-state index in [1.54, 1.807) is 6.92 Å². The average Bonchev–Trinajstić information content (AvgIpc) is 2.27. The third-order valence-corrected chi connectivity index (χ3v) is 3.46. The molecule has 94 valence electrons. The predicted octanol–water partition coefficient (Wildman–Crippen LogP) is 0.509. The Balaban J connectivity index is 2.50. The van der Waals surface area contributed by atoms with Gasteiger partial charge in [-0.05, 0) is 38.8 Å². The lowest BCUT2D eigenvalue weighted by Gasteiger charge is -2.36. The van der Waals surface area contributed by atoms with Crippen LogP contribution in [0.1, 0.15) is 33.6 Å². The van der Waals surface area contributed by atoms with Crippen molar-refractivity contribution in [2.45, 2.75) is 39.7 Å². The van der Waals surface area contributed by atoms with E-state index >= 15 is 0 Å². The monoisotopic (exact) mass is 228 g/mol. The summed E-state index contributed by atoms with van der Waals surface area (Å²) in [4.78, 5) is 12.0. The Morgan fingerprint density at radius 3 is 2.81 bits per heavy atom. The minimum Gasteiger partial charge on any atom is -0.392 e. The highest BCUT2D eigenvalue weighted by molar-refractivity contribution is 5.82. The van der Waals surface area contributed by atoms with Gasteiger partial charge in [-0.3, -0.25) is 4.79 Å². The van der Waals surface area contributed by atoms with Gasteiger partial charge in [-0.2, -0.15) is 0 Å². The van der Waals surface area contributed by atoms with Gasteiger partial charge < -0.3 is 15.7 Å². The van der Waals surface area contributed by atoms with Crippen LogP contribution in [0.4, 0.5) is 0 Å². The molecule has 1 heterocycles. The zero-order valence-electron chi connectivity index (χ0n) is 10.5. The van der Waals surface area contributed by atoms with Crippen molar-refractivity contribution in [3.63, 3.8) is 0 Å². The van der Waals surface area contributed by atoms with Crippen molar-refractivity contribution in [2.24, 2.45) is 11.3 Å². The largest absolute Gasteiger partial charge is 0.392 e. The number of aliphatic hydroxyl groups is 1. The van der Waals surface area contributed by atoms with Crippen LogP contribution in [0.25, 0.3) is 0 Å². The van der Waals surface area contributed by atoms with Crippen LogP contribution in [0, 0.1) is 11.3 Å². The molecule has 2 atom stereocenters. The minimum absolute atomic E-state index is 0.0436. The molecule has 0 aromatic heterocycles. The van der Waals surface area contributed by atoms with Gasteiger partial charge in [-0.25, -0.2) is 0 Å². The van der Waals surface area contributed by atoms with E-state index in [9.17, 15) is 4.79 Å². The van der Waals surface area contributed by atoms with E-state index in [1.165, 1.54) is 0 Å². The van der Waals surface area contributed by atoms with Crippen molar-refractivity contribution in [1.82, 2.24) is 10.6 Å². The lowest BCUT2D eigenvalue weighted by Crippen LogP contribution is -2.48. The molecule has 0 aliphatic carbocycles. The fourth-order valence-electron chi connectivity index (χ4n) is 2.12. The fraction of sp³-hybridized carbons (Fsp3) is 0.917. The molecule has 0 aromatic rings. The molecule has 0 spiro atoms. The number of hydrogen-bond donors (Lipinski definition) is 3. The van der Waals surface area contributed by atoms with Crippen molar-refractivity contribution >= 4 is 5.91 Å². The van der Waals surface area contributed by atoms with Crippen LogP contribution in [0.15, 0.2) is 0 Å². The Labute approximate surface area is 97.8 Å². The second kappa shape index (κ2) is 5.64. The van der Waals surface area contributed by atoms with E-state index in [2.05, 4.69) is 10.6 Å². The minimum atomic E-state index is -0.482. The number of amides is 1. The Morgan fingerprint density at radius 1 is 1.62 bits per heavy atom. The summed E-state index contributed by atoms with van der Waals surface area (Å²) in [5.74, 6) is 0.428. The topological polar surface area (TPSA) is 61.4 Å². The molecule has 0 aromatic carbocycles. The van der Waals surface area contributed by atoms with Crippen LogP contribution in [0.5, 0.6) is 0 Å². The van der Waals surface area contributed by atoms with Crippen LogP contribution in [-0.2, 0) is 4.79 Å². The zero-order chi connectivity index (χ0) is 12.2. The maximum absolute atomic E-state index is 12.0. The molecule has 1 unspecified atom stereocenters. The second-order valence-electron chi connectivity index (χ2n) is 5.32. The van der Waals surface area contributed by atoms with Crippen LogP contribution in [0.3, 0.4) is 0 Å². The molecule has 0 saturated carbocycles. The quantitative estimate of drug-likeness (QED) is 0.657. The van der Waals surface area contributed by atoms with Gasteiger partial charge in [0.05, 0.1) is 6.10 Å². The summed E-state index contributed by atoms with van der Waals surface area (Å²) < 4.78 is 0. The van der Waals surface area contributed by atoms with Gasteiger partial charge >= 0.3 is 0 Å². The SMILES string of the molecule is C[C@H](O)CNC(=O)C(C)(C)C1CCCNC1. The summed E-state index contributed by atoms with van der Waals surface area (Å²) in [6, 6.07) is 0. The van der Waals surface area contributed by atoms with Gasteiger partial charge in [-0.15, -0.1) is 0 Å². The Hall–Kier alpha value is -0.610. The van der Waals surface area contributed by atoms with Gasteiger partial charge in [0.25, 0.3) is 0 Å². The van der Waals surface area contributed by atoms with E-state index in [1.807, 2.05) is 13.8 Å². The smallest absolute Gasteiger partial charge is 0.226 e. The number of aliphatic hydroxyl groups excluding tert-OH is 1. The molecule has 1 amide bonds. The second-order valence-corrected chi connectivity index (χ2v) is 5.32. The number of piperidine rings is 1. The van der Waals surface area contributed by atoms with Crippen molar-refractivity contribution in [3.8, 4) is 0 Å². The summed E-state index contributed by atoms with van der Waals surface area (Å²) in [5, 5.41) is 15.3. The molecule has 1 rings (SSSR count). The molecule has 3 N–H and O–H groups in total. The average molecular weight is 228 g/mol. The first-order chi connectivity index (χ1) is 7.44. The lowest BCUT2D eigenvalue weighted by atomic mass is 9.74. The standard InChI is InChI=1S/C12H24N2O2/c1-9(15)7-14-11(16)12(2,3)10-5-4-6-13-8-10/h9-10,13,15H,4-8H2,1-3H3,(H,14,16)/t9-,10?/m0/s1. The van der Waals surface area contributed by atoms with Gasteiger partial charge in [-0.1, -0.05) is 13.8 Å². The molecular weight excluding hydrogens is 204 g/mol. The summed E-state index contributed by atoms with van der Waals surface area (Å²) >= 11 is 0. The number of carbonyl (C=O) groups is 1. The summed E-state index contributed by atoms with van der Waals surface area (Å²) in [7, 11) is 0. The number of carbonyl (C=O) groups excluding carboxylic acids is 1. The van der Waals surface area contributed by atoms with Gasteiger partial charge in [0.2, 0.25) is 5.91 Å². The Bertz CT molecular complexity index is 233. The summed E-state index contributed by atoms with van der Waals surface area (Å²) in [6.45, 7) is 7.96. The zero-order valence-corrected chi connectivity index (χ0v) is 10.5. The number of rotatable bonds is 4. The maximum Gasteiger partial charge on any atom is 0.226 e. The van der Waals surface area contributed by atoms with Gasteiger partial charge in [0, 0.05) is 12.0 Å². The molecule has 16 heavy (non-hydrogen) atoms. The van der Waals surface area contributed by atoms with E-state index in [0.717, 1.165) is 25.9 Å². The van der Waals surface area contributed by atoms with Crippen molar-refractivity contribution in [1.29, 1.82) is 0 Å². The fourth-order valence-corrected chi connectivity index (χ4v) is 2.12. The first-order valence-electron chi connectivity index (χ1n) is 6.11. The van der Waals surface area contributed by atoms with Gasteiger partial charge in [0.1, 0.15) is 0 Å². The van der Waals surface area contributed by atoms with Crippen LogP contribution in [-0.4, -0.2) is 36.8 Å². The Morgan fingerprint density at radius 2 is 2.31 bits per heavy atom. The van der Waals surface area contributed by atoms with E-state index in [4.69, 9.17) is 5.11 Å². The normalized spacial score (nSPS) is 23.9. The summed E-state index contributed by atoms with van der Waals surface area (Å²) in [6.07, 6.45) is 1.75. The molecule has 1 saturated heterocycles. The first kappa shape index (κ1) is 13.5. The maximum atomic E-state index is 12.0. The molecule has 1 fully saturated rings. The molecule has 0 bridgehead atoms. The summed E-state index contributed by atoms with van der Waals surface area (Å²) in [5.41, 5.74) is -0.359. The molecule has 4 heteroatoms. The lowest BCUT2D eigenvalue weighted by molar-refractivity contribution is -0.133. The third-order valence-electron chi connectivity index (χ3n) is 3.46. The van der Waals surface area contributed by atoms with Crippen LogP contribution in [0.2, 0.25) is 0 Å². The van der Waals surface area contributed by atoms with Crippen LogP contribution < -0.4 is 10.6 Å². The van der Waals surface area contributed by atoms with E-state index in [-0.39, 0.29) is 11.3 Å². The number of hydrogen-bond acceptors (Lipinski definition) is 3. The Kier molecular flexibility index (Phi) is 4.74. The van der Waals surface area contributed by atoms with Crippen molar-refractivity contribution in [2.75, 3.05) is 19.6 Å². The predicted molar refractivity (Wildman–Crippen MR) is 64.1 cm³/mol. The van der Waals surface area contributed by atoms with Gasteiger partial charge in [0.15, 0.2) is 0 Å². The highest BCUT2D eigenvalue weighted by Crippen LogP contribution is 2.31. The molecule has 4 nitrogen and oxygen atoms in total. The molecule has 1 aliphatic heterocycles. The van der Waals surface area contributed by atoms with Crippen LogP contribution >= 0.6 is 0 Å². The van der Waals surface area contributed by atoms with Crippen molar-refractivity contribution < 1.29 is 9.90 Å². The van der Waals surface area contributed by atoms with E-state index < -0.39 is 6.10 Å². The van der Waals surface area contributed by atoms with Crippen molar-refractivity contribution in [3.05, 3.63) is 0 Å². The third kappa shape index (κ3) is 3.46. The van der Waals surface area contributed by atoms with E-state index in [0.29, 0.717) is 12.5 Å². The highest BCUT2D eigenvalue weighted by Gasteiger charge is 2.37.